The fraction of sp³-hybridized carbons (Fsp3) is 0.125. The Kier molecular flexibility index (Phi) is 7.09. The van der Waals surface area contributed by atoms with Crippen LogP contribution in [0.5, 0.6) is 0 Å². The average molecular weight is 431 g/mol. The average Bonchev–Trinajstić information content (AvgIpc) is 2.70. The number of rotatable bonds is 9. The molecule has 0 heterocycles. The minimum atomic E-state index is -3.54. The van der Waals surface area contributed by atoms with Gasteiger partial charge in [-0.3, -0.25) is 0 Å². The van der Waals surface area contributed by atoms with Crippen molar-refractivity contribution >= 4 is 28.2 Å². The molecule has 28 heavy (non-hydrogen) atoms. The first-order valence-corrected chi connectivity index (χ1v) is 13.0. The summed E-state index contributed by atoms with van der Waals surface area (Å²) in [6.45, 7) is 0. The number of carbonyl (C=O) groups excluding carboxylic acids is 3. The summed E-state index contributed by atoms with van der Waals surface area (Å²) in [6.07, 6.45) is 0.478. The molecule has 0 aromatic heterocycles. The summed E-state index contributed by atoms with van der Waals surface area (Å²) >= 11 is -3.54. The van der Waals surface area contributed by atoms with Crippen molar-refractivity contribution in [1.82, 2.24) is 0 Å². The molecule has 0 radical (unpaired) electrons. The summed E-state index contributed by atoms with van der Waals surface area (Å²) in [6, 6.07) is 28.0. The van der Waals surface area contributed by atoms with E-state index in [0.717, 1.165) is 16.7 Å². The van der Waals surface area contributed by atoms with Gasteiger partial charge in [0, 0.05) is 0 Å². The SMILES string of the molecule is O=[C](Cc1ccccc1)[GeH]([C](=O)Cc1ccccc1)[C](=O)Cc1ccccc1. The molecule has 0 aliphatic carbocycles. The summed E-state index contributed by atoms with van der Waals surface area (Å²) in [5.74, 6) is 0. The zero-order valence-electron chi connectivity index (χ0n) is 15.6. The summed E-state index contributed by atoms with van der Waals surface area (Å²) < 4.78 is -0.457. The molecular formula is C24H22GeO3. The monoisotopic (exact) mass is 432 g/mol. The van der Waals surface area contributed by atoms with Crippen molar-refractivity contribution in [2.24, 2.45) is 0 Å². The van der Waals surface area contributed by atoms with Crippen LogP contribution in [0, 0.1) is 0 Å². The number of benzene rings is 3. The van der Waals surface area contributed by atoms with Gasteiger partial charge in [-0.2, -0.15) is 0 Å². The summed E-state index contributed by atoms with van der Waals surface area (Å²) in [5.41, 5.74) is 2.55. The molecule has 3 nitrogen and oxygen atoms in total. The molecule has 0 saturated heterocycles. The first-order chi connectivity index (χ1) is 13.6. The van der Waals surface area contributed by atoms with Crippen LogP contribution in [-0.2, 0) is 33.6 Å². The van der Waals surface area contributed by atoms with E-state index in [0.29, 0.717) is 0 Å². The molecule has 0 saturated carbocycles. The molecule has 4 heteroatoms. The fourth-order valence-electron chi connectivity index (χ4n) is 3.24. The second kappa shape index (κ2) is 9.95. The van der Waals surface area contributed by atoms with Gasteiger partial charge in [-0.05, 0) is 0 Å². The van der Waals surface area contributed by atoms with Crippen LogP contribution in [0.4, 0.5) is 0 Å². The van der Waals surface area contributed by atoms with E-state index in [1.54, 1.807) is 0 Å². The molecule has 0 aliphatic heterocycles. The Bertz CT molecular complexity index is 810. The first-order valence-electron chi connectivity index (χ1n) is 9.33. The van der Waals surface area contributed by atoms with Crippen molar-refractivity contribution in [3.63, 3.8) is 0 Å². The summed E-state index contributed by atoms with van der Waals surface area (Å²) in [4.78, 5) is 39.1. The predicted molar refractivity (Wildman–Crippen MR) is 113 cm³/mol. The Morgan fingerprint density at radius 3 is 0.964 bits per heavy atom. The van der Waals surface area contributed by atoms with Crippen LogP contribution in [0.1, 0.15) is 16.7 Å². The third kappa shape index (κ3) is 5.60. The molecule has 140 valence electrons. The second-order valence-corrected chi connectivity index (χ2v) is 12.7. The summed E-state index contributed by atoms with van der Waals surface area (Å²) in [5, 5.41) is 0. The van der Waals surface area contributed by atoms with E-state index in [2.05, 4.69) is 0 Å². The van der Waals surface area contributed by atoms with Gasteiger partial charge in [-0.25, -0.2) is 0 Å². The van der Waals surface area contributed by atoms with Crippen molar-refractivity contribution in [3.8, 4) is 0 Å². The molecule has 0 atom stereocenters. The van der Waals surface area contributed by atoms with E-state index >= 15 is 0 Å². The minimum absolute atomic E-state index is 0.152. The fourth-order valence-corrected chi connectivity index (χ4v) is 8.26. The van der Waals surface area contributed by atoms with Crippen LogP contribution in [-0.4, -0.2) is 28.2 Å². The molecule has 0 fully saturated rings. The molecule has 0 bridgehead atoms. The van der Waals surface area contributed by atoms with E-state index in [-0.39, 0.29) is 33.1 Å². The van der Waals surface area contributed by atoms with Crippen molar-refractivity contribution in [2.45, 2.75) is 19.3 Å². The van der Waals surface area contributed by atoms with E-state index in [9.17, 15) is 14.4 Å². The first kappa shape index (κ1) is 20.0. The van der Waals surface area contributed by atoms with Crippen LogP contribution in [0.25, 0.3) is 0 Å². The number of carbonyl (C=O) groups is 3. The Labute approximate surface area is 169 Å². The van der Waals surface area contributed by atoms with Gasteiger partial charge in [0.25, 0.3) is 0 Å². The van der Waals surface area contributed by atoms with Crippen LogP contribution < -0.4 is 0 Å². The van der Waals surface area contributed by atoms with Gasteiger partial charge in [-0.1, -0.05) is 0 Å². The van der Waals surface area contributed by atoms with Gasteiger partial charge in [0.05, 0.1) is 0 Å². The number of hydrogen-bond acceptors (Lipinski definition) is 3. The van der Waals surface area contributed by atoms with E-state index < -0.39 is 14.3 Å². The third-order valence-electron chi connectivity index (χ3n) is 4.63. The topological polar surface area (TPSA) is 51.2 Å². The number of hydrogen-bond donors (Lipinski definition) is 0. The standard InChI is InChI=1S/C24H22GeO3/c26-22(16-19-10-4-1-5-11-19)25(23(27)17-20-12-6-2-7-13-20)24(28)18-21-14-8-3-9-15-21/h1-15,25H,16-18H2. The maximum absolute atomic E-state index is 13.0. The molecule has 0 aliphatic rings. The van der Waals surface area contributed by atoms with E-state index in [1.807, 2.05) is 91.0 Å². The van der Waals surface area contributed by atoms with Crippen LogP contribution in [0.3, 0.4) is 0 Å². The van der Waals surface area contributed by atoms with Gasteiger partial charge in [-0.15, -0.1) is 0 Å². The van der Waals surface area contributed by atoms with Crippen LogP contribution in [0.2, 0.25) is 0 Å². The molecule has 0 unspecified atom stereocenters. The van der Waals surface area contributed by atoms with Crippen molar-refractivity contribution in [3.05, 3.63) is 108 Å². The molecular weight excluding hydrogens is 409 g/mol. The van der Waals surface area contributed by atoms with Gasteiger partial charge in [0.2, 0.25) is 0 Å². The van der Waals surface area contributed by atoms with Gasteiger partial charge in [0.15, 0.2) is 0 Å². The Morgan fingerprint density at radius 1 is 0.464 bits per heavy atom. The second-order valence-electron chi connectivity index (χ2n) is 6.82. The predicted octanol–water partition coefficient (Wildman–Crippen LogP) is 3.27. The van der Waals surface area contributed by atoms with Crippen molar-refractivity contribution in [1.29, 1.82) is 0 Å². The molecule has 0 amide bonds. The zero-order valence-corrected chi connectivity index (χ0v) is 18.0. The third-order valence-corrected chi connectivity index (χ3v) is 9.97. The van der Waals surface area contributed by atoms with Crippen molar-refractivity contribution < 1.29 is 14.4 Å². The molecule has 0 N–H and O–H groups in total. The Morgan fingerprint density at radius 2 is 0.714 bits per heavy atom. The van der Waals surface area contributed by atoms with E-state index in [1.165, 1.54) is 0 Å². The molecule has 3 aromatic rings. The zero-order chi connectivity index (χ0) is 19.8. The quantitative estimate of drug-likeness (QED) is 0.489. The normalized spacial score (nSPS) is 10.6. The van der Waals surface area contributed by atoms with E-state index in [4.69, 9.17) is 0 Å². The Balaban J connectivity index is 1.80. The van der Waals surface area contributed by atoms with Crippen molar-refractivity contribution in [2.75, 3.05) is 0 Å². The molecule has 0 spiro atoms. The van der Waals surface area contributed by atoms with Crippen LogP contribution >= 0.6 is 0 Å². The Hall–Kier alpha value is -2.79. The summed E-state index contributed by atoms with van der Waals surface area (Å²) in [7, 11) is 0. The van der Waals surface area contributed by atoms with Gasteiger partial charge < -0.3 is 0 Å². The maximum atomic E-state index is 13.0. The van der Waals surface area contributed by atoms with Gasteiger partial charge >= 0.3 is 170 Å². The van der Waals surface area contributed by atoms with Crippen LogP contribution in [0.15, 0.2) is 91.0 Å². The molecule has 3 aromatic carbocycles. The van der Waals surface area contributed by atoms with Gasteiger partial charge in [0.1, 0.15) is 0 Å². The molecule has 3 rings (SSSR count).